The van der Waals surface area contributed by atoms with Crippen molar-refractivity contribution in [2.45, 2.75) is 13.8 Å². The Hall–Kier alpha value is -1.51. The Kier molecular flexibility index (Phi) is 3.51. The van der Waals surface area contributed by atoms with Crippen molar-refractivity contribution in [3.63, 3.8) is 0 Å². The largest absolute Gasteiger partial charge is 0.493 e. The SMILES string of the molecule is Cc1ccccc1OCC(C)C(=N)N. The molecule has 1 unspecified atom stereocenters. The molecule has 0 radical (unpaired) electrons. The fourth-order valence-corrected chi connectivity index (χ4v) is 1.02. The zero-order valence-electron chi connectivity index (χ0n) is 8.58. The van der Waals surface area contributed by atoms with Crippen molar-refractivity contribution in [1.82, 2.24) is 0 Å². The smallest absolute Gasteiger partial charge is 0.122 e. The van der Waals surface area contributed by atoms with Crippen molar-refractivity contribution in [2.75, 3.05) is 6.61 Å². The van der Waals surface area contributed by atoms with Crippen molar-refractivity contribution >= 4 is 5.84 Å². The summed E-state index contributed by atoms with van der Waals surface area (Å²) in [6.45, 7) is 4.33. The second-order valence-electron chi connectivity index (χ2n) is 3.43. The first-order valence-corrected chi connectivity index (χ1v) is 4.63. The van der Waals surface area contributed by atoms with E-state index in [-0.39, 0.29) is 11.8 Å². The lowest BCUT2D eigenvalue weighted by Gasteiger charge is -2.12. The molecule has 3 heteroatoms. The minimum absolute atomic E-state index is 0.0328. The number of amidine groups is 1. The number of nitrogens with one attached hydrogen (secondary N) is 1. The van der Waals surface area contributed by atoms with E-state index in [9.17, 15) is 0 Å². The summed E-state index contributed by atoms with van der Waals surface area (Å²) < 4.78 is 5.54. The summed E-state index contributed by atoms with van der Waals surface area (Å²) in [5.41, 5.74) is 6.44. The van der Waals surface area contributed by atoms with Gasteiger partial charge in [-0.3, -0.25) is 5.41 Å². The van der Waals surface area contributed by atoms with Crippen LogP contribution in [-0.4, -0.2) is 12.4 Å². The Morgan fingerprint density at radius 1 is 1.50 bits per heavy atom. The molecule has 76 valence electrons. The molecule has 0 aliphatic heterocycles. The second kappa shape index (κ2) is 4.65. The van der Waals surface area contributed by atoms with Gasteiger partial charge in [0.25, 0.3) is 0 Å². The third-order valence-corrected chi connectivity index (χ3v) is 2.11. The van der Waals surface area contributed by atoms with E-state index in [2.05, 4.69) is 0 Å². The number of hydrogen-bond donors (Lipinski definition) is 2. The molecule has 0 fully saturated rings. The highest BCUT2D eigenvalue weighted by molar-refractivity contribution is 5.79. The molecule has 0 heterocycles. The van der Waals surface area contributed by atoms with E-state index < -0.39 is 0 Å². The molecule has 0 aromatic heterocycles. The normalized spacial score (nSPS) is 12.1. The maximum absolute atomic E-state index is 7.22. The summed E-state index contributed by atoms with van der Waals surface area (Å²) in [4.78, 5) is 0. The van der Waals surface area contributed by atoms with Gasteiger partial charge in [0.05, 0.1) is 12.4 Å². The topological polar surface area (TPSA) is 59.1 Å². The molecule has 14 heavy (non-hydrogen) atoms. The van der Waals surface area contributed by atoms with Crippen LogP contribution >= 0.6 is 0 Å². The maximum atomic E-state index is 7.22. The van der Waals surface area contributed by atoms with Gasteiger partial charge in [0.2, 0.25) is 0 Å². The number of para-hydroxylation sites is 1. The molecule has 1 aromatic rings. The molecule has 0 amide bonds. The van der Waals surface area contributed by atoms with E-state index in [1.54, 1.807) is 0 Å². The second-order valence-corrected chi connectivity index (χ2v) is 3.43. The summed E-state index contributed by atoms with van der Waals surface area (Å²) in [5, 5.41) is 7.22. The van der Waals surface area contributed by atoms with E-state index in [0.717, 1.165) is 11.3 Å². The Labute approximate surface area is 84.4 Å². The molecule has 0 saturated heterocycles. The standard InChI is InChI=1S/C11H16N2O/c1-8-5-3-4-6-10(8)14-7-9(2)11(12)13/h3-6,9H,7H2,1-2H3,(H3,12,13). The van der Waals surface area contributed by atoms with Gasteiger partial charge in [-0.05, 0) is 18.6 Å². The first kappa shape index (κ1) is 10.6. The minimum Gasteiger partial charge on any atom is -0.493 e. The average molecular weight is 192 g/mol. The van der Waals surface area contributed by atoms with Gasteiger partial charge in [-0.1, -0.05) is 25.1 Å². The molecule has 1 atom stereocenters. The molecular weight excluding hydrogens is 176 g/mol. The highest BCUT2D eigenvalue weighted by atomic mass is 16.5. The van der Waals surface area contributed by atoms with Crippen molar-refractivity contribution in [2.24, 2.45) is 11.7 Å². The van der Waals surface area contributed by atoms with Crippen molar-refractivity contribution in [3.8, 4) is 5.75 Å². The zero-order valence-corrected chi connectivity index (χ0v) is 8.58. The number of rotatable bonds is 4. The number of ether oxygens (including phenoxy) is 1. The Balaban J connectivity index is 2.54. The minimum atomic E-state index is -0.0328. The monoisotopic (exact) mass is 192 g/mol. The zero-order chi connectivity index (χ0) is 10.6. The van der Waals surface area contributed by atoms with Crippen molar-refractivity contribution in [3.05, 3.63) is 29.8 Å². The molecule has 0 saturated carbocycles. The molecule has 0 bridgehead atoms. The lowest BCUT2D eigenvalue weighted by molar-refractivity contribution is 0.290. The molecule has 1 rings (SSSR count). The van der Waals surface area contributed by atoms with Crippen molar-refractivity contribution in [1.29, 1.82) is 5.41 Å². The van der Waals surface area contributed by atoms with E-state index in [1.807, 2.05) is 38.1 Å². The van der Waals surface area contributed by atoms with Gasteiger partial charge >= 0.3 is 0 Å². The van der Waals surface area contributed by atoms with Crippen LogP contribution in [0, 0.1) is 18.3 Å². The van der Waals surface area contributed by atoms with E-state index in [0.29, 0.717) is 6.61 Å². The molecule has 1 aromatic carbocycles. The van der Waals surface area contributed by atoms with Crippen LogP contribution < -0.4 is 10.5 Å². The van der Waals surface area contributed by atoms with Gasteiger partial charge in [0.1, 0.15) is 5.75 Å². The Morgan fingerprint density at radius 2 is 2.14 bits per heavy atom. The van der Waals surface area contributed by atoms with Gasteiger partial charge in [-0.2, -0.15) is 0 Å². The first-order valence-electron chi connectivity index (χ1n) is 4.63. The lowest BCUT2D eigenvalue weighted by Crippen LogP contribution is -2.25. The molecule has 0 spiro atoms. The summed E-state index contributed by atoms with van der Waals surface area (Å²) in [7, 11) is 0. The van der Waals surface area contributed by atoms with E-state index >= 15 is 0 Å². The highest BCUT2D eigenvalue weighted by Gasteiger charge is 2.06. The predicted molar refractivity (Wildman–Crippen MR) is 57.8 cm³/mol. The molecule has 0 aliphatic rings. The van der Waals surface area contributed by atoms with Gasteiger partial charge < -0.3 is 10.5 Å². The van der Waals surface area contributed by atoms with Gasteiger partial charge in [0.15, 0.2) is 0 Å². The summed E-state index contributed by atoms with van der Waals surface area (Å²) in [6, 6.07) is 7.81. The quantitative estimate of drug-likeness (QED) is 0.565. The van der Waals surface area contributed by atoms with Crippen LogP contribution in [0.2, 0.25) is 0 Å². The van der Waals surface area contributed by atoms with Crippen LogP contribution in [0.3, 0.4) is 0 Å². The number of hydrogen-bond acceptors (Lipinski definition) is 2. The Morgan fingerprint density at radius 3 is 2.71 bits per heavy atom. The van der Waals surface area contributed by atoms with Crippen molar-refractivity contribution < 1.29 is 4.74 Å². The van der Waals surface area contributed by atoms with Crippen LogP contribution in [0.15, 0.2) is 24.3 Å². The lowest BCUT2D eigenvalue weighted by atomic mass is 10.2. The fraction of sp³-hybridized carbons (Fsp3) is 0.364. The average Bonchev–Trinajstić information content (AvgIpc) is 2.16. The molecular formula is C11H16N2O. The summed E-state index contributed by atoms with van der Waals surface area (Å²) in [5.74, 6) is 0.994. The third kappa shape index (κ3) is 2.76. The summed E-state index contributed by atoms with van der Waals surface area (Å²) >= 11 is 0. The van der Waals surface area contributed by atoms with Crippen LogP contribution in [0.25, 0.3) is 0 Å². The van der Waals surface area contributed by atoms with Crippen LogP contribution in [0.5, 0.6) is 5.75 Å². The number of benzene rings is 1. The van der Waals surface area contributed by atoms with Crippen LogP contribution in [0.1, 0.15) is 12.5 Å². The fourth-order valence-electron chi connectivity index (χ4n) is 1.02. The number of nitrogens with two attached hydrogens (primary N) is 1. The maximum Gasteiger partial charge on any atom is 0.122 e. The highest BCUT2D eigenvalue weighted by Crippen LogP contribution is 2.16. The van der Waals surface area contributed by atoms with Gasteiger partial charge in [0, 0.05) is 5.92 Å². The van der Waals surface area contributed by atoms with Crippen LogP contribution in [-0.2, 0) is 0 Å². The summed E-state index contributed by atoms with van der Waals surface area (Å²) in [6.07, 6.45) is 0. The molecule has 0 aliphatic carbocycles. The van der Waals surface area contributed by atoms with E-state index in [1.165, 1.54) is 0 Å². The first-order chi connectivity index (χ1) is 6.61. The molecule has 3 nitrogen and oxygen atoms in total. The number of aryl methyl sites for hydroxylation is 1. The van der Waals surface area contributed by atoms with Gasteiger partial charge in [-0.15, -0.1) is 0 Å². The van der Waals surface area contributed by atoms with E-state index in [4.69, 9.17) is 15.9 Å². The Bertz CT molecular complexity index is 323. The van der Waals surface area contributed by atoms with Crippen LogP contribution in [0.4, 0.5) is 0 Å². The third-order valence-electron chi connectivity index (χ3n) is 2.11. The molecule has 3 N–H and O–H groups in total. The van der Waals surface area contributed by atoms with Gasteiger partial charge in [-0.25, -0.2) is 0 Å². The predicted octanol–water partition coefficient (Wildman–Crippen LogP) is 1.95.